The highest BCUT2D eigenvalue weighted by atomic mass is 19.1. The number of hydrogen-bond acceptors (Lipinski definition) is 3. The Morgan fingerprint density at radius 1 is 1.41 bits per heavy atom. The Bertz CT molecular complexity index is 355. The molecule has 0 spiro atoms. The summed E-state index contributed by atoms with van der Waals surface area (Å²) < 4.78 is 18.4. The molecule has 0 radical (unpaired) electrons. The van der Waals surface area contributed by atoms with Crippen molar-refractivity contribution in [1.29, 1.82) is 0 Å². The van der Waals surface area contributed by atoms with E-state index in [2.05, 4.69) is 19.2 Å². The minimum Gasteiger partial charge on any atom is -0.495 e. The lowest BCUT2D eigenvalue weighted by Crippen LogP contribution is -2.33. The molecule has 0 amide bonds. The first-order valence-corrected chi connectivity index (χ1v) is 5.82. The molecule has 0 heterocycles. The highest BCUT2D eigenvalue weighted by Crippen LogP contribution is 2.27. The maximum atomic E-state index is 13.2. The Hall–Kier alpha value is -1.29. The van der Waals surface area contributed by atoms with E-state index < -0.39 is 0 Å². The van der Waals surface area contributed by atoms with Crippen molar-refractivity contribution in [1.82, 2.24) is 5.32 Å². The summed E-state index contributed by atoms with van der Waals surface area (Å²) in [5, 5.41) is 3.32. The van der Waals surface area contributed by atoms with E-state index in [9.17, 15) is 4.39 Å². The van der Waals surface area contributed by atoms with E-state index in [1.807, 2.05) is 11.9 Å². The summed E-state index contributed by atoms with van der Waals surface area (Å²) >= 11 is 0. The maximum absolute atomic E-state index is 13.2. The number of methoxy groups -OCH3 is 1. The second kappa shape index (κ2) is 6.45. The first kappa shape index (κ1) is 13.8. The maximum Gasteiger partial charge on any atom is 0.142 e. The number of hydrogen-bond donors (Lipinski definition) is 1. The van der Waals surface area contributed by atoms with Crippen LogP contribution in [0.2, 0.25) is 0 Å². The molecular formula is C13H21FN2O. The van der Waals surface area contributed by atoms with Crippen LogP contribution in [0, 0.1) is 5.82 Å². The monoisotopic (exact) mass is 240 g/mol. The summed E-state index contributed by atoms with van der Waals surface area (Å²) in [6.45, 7) is 5.86. The Morgan fingerprint density at radius 3 is 2.71 bits per heavy atom. The SMILES string of the molecule is COc1ccc(F)cc1N(C)CCNC(C)C. The van der Waals surface area contributed by atoms with Gasteiger partial charge in [-0.15, -0.1) is 0 Å². The molecule has 0 unspecified atom stereocenters. The molecule has 0 bridgehead atoms. The normalized spacial score (nSPS) is 10.7. The van der Waals surface area contributed by atoms with Crippen molar-refractivity contribution in [2.24, 2.45) is 0 Å². The fourth-order valence-corrected chi connectivity index (χ4v) is 1.60. The second-order valence-corrected chi connectivity index (χ2v) is 4.35. The van der Waals surface area contributed by atoms with Gasteiger partial charge in [0.05, 0.1) is 12.8 Å². The molecule has 1 rings (SSSR count). The molecule has 17 heavy (non-hydrogen) atoms. The minimum absolute atomic E-state index is 0.246. The van der Waals surface area contributed by atoms with Crippen LogP contribution in [0.25, 0.3) is 0 Å². The Balaban J connectivity index is 2.66. The van der Waals surface area contributed by atoms with Crippen LogP contribution in [-0.2, 0) is 0 Å². The van der Waals surface area contributed by atoms with E-state index in [0.29, 0.717) is 11.8 Å². The standard InChI is InChI=1S/C13H21FN2O/c1-10(2)15-7-8-16(3)12-9-11(14)5-6-13(12)17-4/h5-6,9-10,15H,7-8H2,1-4H3. The van der Waals surface area contributed by atoms with Crippen LogP contribution < -0.4 is 15.0 Å². The summed E-state index contributed by atoms with van der Waals surface area (Å²) in [5.74, 6) is 0.447. The zero-order valence-corrected chi connectivity index (χ0v) is 11.0. The highest BCUT2D eigenvalue weighted by Gasteiger charge is 2.09. The van der Waals surface area contributed by atoms with Crippen molar-refractivity contribution in [3.05, 3.63) is 24.0 Å². The van der Waals surface area contributed by atoms with Crippen molar-refractivity contribution >= 4 is 5.69 Å². The van der Waals surface area contributed by atoms with Crippen LogP contribution in [0.15, 0.2) is 18.2 Å². The van der Waals surface area contributed by atoms with Crippen molar-refractivity contribution in [3.63, 3.8) is 0 Å². The molecular weight excluding hydrogens is 219 g/mol. The average Bonchev–Trinajstić information content (AvgIpc) is 2.28. The molecule has 0 aliphatic carbocycles. The van der Waals surface area contributed by atoms with Gasteiger partial charge in [0.15, 0.2) is 0 Å². The first-order valence-electron chi connectivity index (χ1n) is 5.82. The van der Waals surface area contributed by atoms with Gasteiger partial charge in [0.2, 0.25) is 0 Å². The van der Waals surface area contributed by atoms with Gasteiger partial charge in [-0.2, -0.15) is 0 Å². The zero-order chi connectivity index (χ0) is 12.8. The number of ether oxygens (including phenoxy) is 1. The van der Waals surface area contributed by atoms with Gasteiger partial charge in [-0.25, -0.2) is 4.39 Å². The van der Waals surface area contributed by atoms with Crippen LogP contribution >= 0.6 is 0 Å². The van der Waals surface area contributed by atoms with E-state index in [1.165, 1.54) is 12.1 Å². The van der Waals surface area contributed by atoms with Crippen molar-refractivity contribution in [2.45, 2.75) is 19.9 Å². The predicted molar refractivity (Wildman–Crippen MR) is 69.4 cm³/mol. The molecule has 0 aliphatic rings. The molecule has 1 N–H and O–H groups in total. The first-order chi connectivity index (χ1) is 8.04. The quantitative estimate of drug-likeness (QED) is 0.825. The van der Waals surface area contributed by atoms with Gasteiger partial charge >= 0.3 is 0 Å². The molecule has 3 nitrogen and oxygen atoms in total. The Labute approximate surface area is 103 Å². The summed E-state index contributed by atoms with van der Waals surface area (Å²) in [7, 11) is 3.52. The van der Waals surface area contributed by atoms with Gasteiger partial charge in [-0.05, 0) is 12.1 Å². The number of halogens is 1. The fourth-order valence-electron chi connectivity index (χ4n) is 1.60. The van der Waals surface area contributed by atoms with Crippen LogP contribution in [0.1, 0.15) is 13.8 Å². The minimum atomic E-state index is -0.246. The van der Waals surface area contributed by atoms with Crippen molar-refractivity contribution in [3.8, 4) is 5.75 Å². The lowest BCUT2D eigenvalue weighted by atomic mass is 10.2. The van der Waals surface area contributed by atoms with Gasteiger partial charge in [0.25, 0.3) is 0 Å². The van der Waals surface area contributed by atoms with Crippen LogP contribution in [-0.4, -0.2) is 33.3 Å². The van der Waals surface area contributed by atoms with Crippen LogP contribution in [0.4, 0.5) is 10.1 Å². The summed E-state index contributed by atoms with van der Waals surface area (Å²) in [5.41, 5.74) is 0.776. The lowest BCUT2D eigenvalue weighted by molar-refractivity contribution is 0.413. The number of nitrogens with one attached hydrogen (secondary N) is 1. The molecule has 4 heteroatoms. The number of rotatable bonds is 6. The smallest absolute Gasteiger partial charge is 0.142 e. The molecule has 0 aromatic heterocycles. The van der Waals surface area contributed by atoms with E-state index in [4.69, 9.17) is 4.74 Å². The van der Waals surface area contributed by atoms with Gasteiger partial charge < -0.3 is 15.0 Å². The number of likely N-dealkylation sites (N-methyl/N-ethyl adjacent to an activating group) is 1. The van der Waals surface area contributed by atoms with Crippen molar-refractivity contribution < 1.29 is 9.13 Å². The Kier molecular flexibility index (Phi) is 5.22. The molecule has 0 saturated heterocycles. The molecule has 96 valence electrons. The lowest BCUT2D eigenvalue weighted by Gasteiger charge is -2.22. The highest BCUT2D eigenvalue weighted by molar-refractivity contribution is 5.58. The van der Waals surface area contributed by atoms with Gasteiger partial charge in [-0.1, -0.05) is 13.8 Å². The van der Waals surface area contributed by atoms with Gasteiger partial charge in [0.1, 0.15) is 11.6 Å². The van der Waals surface area contributed by atoms with E-state index >= 15 is 0 Å². The fraction of sp³-hybridized carbons (Fsp3) is 0.538. The second-order valence-electron chi connectivity index (χ2n) is 4.35. The van der Waals surface area contributed by atoms with Crippen LogP contribution in [0.5, 0.6) is 5.75 Å². The van der Waals surface area contributed by atoms with Gasteiger partial charge in [0, 0.05) is 32.2 Å². The molecule has 0 atom stereocenters. The Morgan fingerprint density at radius 2 is 2.12 bits per heavy atom. The third kappa shape index (κ3) is 4.23. The number of anilines is 1. The average molecular weight is 240 g/mol. The third-order valence-corrected chi connectivity index (χ3v) is 2.55. The van der Waals surface area contributed by atoms with E-state index in [1.54, 1.807) is 13.2 Å². The predicted octanol–water partition coefficient (Wildman–Crippen LogP) is 2.27. The molecule has 1 aromatic rings. The summed E-state index contributed by atoms with van der Waals surface area (Å²) in [4.78, 5) is 1.98. The largest absolute Gasteiger partial charge is 0.495 e. The number of benzene rings is 1. The number of nitrogens with zero attached hydrogens (tertiary/aromatic N) is 1. The molecule has 0 saturated carbocycles. The van der Waals surface area contributed by atoms with E-state index in [-0.39, 0.29) is 5.82 Å². The summed E-state index contributed by atoms with van der Waals surface area (Å²) in [6, 6.07) is 5.01. The van der Waals surface area contributed by atoms with E-state index in [0.717, 1.165) is 18.8 Å². The molecule has 1 aromatic carbocycles. The zero-order valence-electron chi connectivity index (χ0n) is 11.0. The molecule has 0 aliphatic heterocycles. The molecule has 0 fully saturated rings. The van der Waals surface area contributed by atoms with Crippen molar-refractivity contribution in [2.75, 3.05) is 32.1 Å². The summed E-state index contributed by atoms with van der Waals surface area (Å²) in [6.07, 6.45) is 0. The van der Waals surface area contributed by atoms with Crippen LogP contribution in [0.3, 0.4) is 0 Å². The third-order valence-electron chi connectivity index (χ3n) is 2.55. The van der Waals surface area contributed by atoms with Gasteiger partial charge in [-0.3, -0.25) is 0 Å². The topological polar surface area (TPSA) is 24.5 Å².